The third kappa shape index (κ3) is 32.7. The predicted molar refractivity (Wildman–Crippen MR) is 51.9 cm³/mol. The molecule has 0 aliphatic rings. The van der Waals surface area contributed by atoms with Gasteiger partial charge in [-0.15, -0.1) is 0 Å². The quantitative estimate of drug-likeness (QED) is 0.659. The molecular weight excluding hydrogens is 154 g/mol. The first-order chi connectivity index (χ1) is 5.36. The normalized spacial score (nSPS) is 15.0. The Balaban J connectivity index is 0. The van der Waals surface area contributed by atoms with Crippen molar-refractivity contribution in [1.82, 2.24) is 4.90 Å². The Kier molecular flexibility index (Phi) is 10.8. The van der Waals surface area contributed by atoms with Crippen molar-refractivity contribution in [2.24, 2.45) is 0 Å². The van der Waals surface area contributed by atoms with Crippen LogP contribution in [0.3, 0.4) is 0 Å². The largest absolute Gasteiger partial charge is 0.393 e. The van der Waals surface area contributed by atoms with Gasteiger partial charge in [-0.2, -0.15) is 0 Å². The maximum Gasteiger partial charge on any atom is 0.0542 e. The van der Waals surface area contributed by atoms with Gasteiger partial charge in [-0.3, -0.25) is 0 Å². The number of aliphatic hydroxyl groups is 2. The average Bonchev–Trinajstić information content (AvgIpc) is 1.82. The van der Waals surface area contributed by atoms with E-state index < -0.39 is 6.10 Å². The maximum atomic E-state index is 8.66. The highest BCUT2D eigenvalue weighted by Gasteiger charge is 1.98. The molecule has 1 radical (unpaired) electrons. The van der Waals surface area contributed by atoms with Crippen LogP contribution in [0.2, 0.25) is 0 Å². The zero-order chi connectivity index (χ0) is 10.1. The highest BCUT2D eigenvalue weighted by atomic mass is 16.3. The van der Waals surface area contributed by atoms with Gasteiger partial charge in [-0.05, 0) is 47.8 Å². The lowest BCUT2D eigenvalue weighted by molar-refractivity contribution is 0.145. The third-order valence-corrected chi connectivity index (χ3v) is 0.918. The van der Waals surface area contributed by atoms with Crippen LogP contribution in [-0.4, -0.2) is 48.5 Å². The topological polar surface area (TPSA) is 43.7 Å². The molecule has 0 aromatic heterocycles. The van der Waals surface area contributed by atoms with E-state index in [9.17, 15) is 0 Å². The van der Waals surface area contributed by atoms with Gasteiger partial charge in [-0.25, -0.2) is 0 Å². The molecule has 0 saturated carbocycles. The van der Waals surface area contributed by atoms with Crippen molar-refractivity contribution in [3.63, 3.8) is 0 Å². The first-order valence-electron chi connectivity index (χ1n) is 4.16. The van der Waals surface area contributed by atoms with E-state index in [1.54, 1.807) is 6.92 Å². The van der Waals surface area contributed by atoms with E-state index >= 15 is 0 Å². The molecule has 0 aromatic carbocycles. The van der Waals surface area contributed by atoms with E-state index in [0.717, 1.165) is 0 Å². The minimum absolute atomic E-state index is 0.314. The minimum atomic E-state index is -0.524. The SMILES string of the molecule is CN(C)C.[CH2]C(O)CCC(C)O. The summed E-state index contributed by atoms with van der Waals surface area (Å²) in [5.41, 5.74) is 0. The summed E-state index contributed by atoms with van der Waals surface area (Å²) in [5.74, 6) is 0. The van der Waals surface area contributed by atoms with E-state index in [4.69, 9.17) is 10.2 Å². The molecule has 0 aliphatic carbocycles. The molecule has 12 heavy (non-hydrogen) atoms. The molecule has 0 saturated heterocycles. The molecule has 0 aliphatic heterocycles. The molecule has 2 atom stereocenters. The van der Waals surface area contributed by atoms with Crippen LogP contribution in [-0.2, 0) is 0 Å². The fraction of sp³-hybridized carbons (Fsp3) is 0.889. The van der Waals surface area contributed by atoms with Crippen LogP contribution >= 0.6 is 0 Å². The highest BCUT2D eigenvalue weighted by molar-refractivity contribution is 4.58. The van der Waals surface area contributed by atoms with Gasteiger partial charge in [-0.1, -0.05) is 0 Å². The Morgan fingerprint density at radius 1 is 1.17 bits per heavy atom. The number of hydrogen-bond donors (Lipinski definition) is 2. The van der Waals surface area contributed by atoms with Gasteiger partial charge in [0.15, 0.2) is 0 Å². The summed E-state index contributed by atoms with van der Waals surface area (Å²) in [6.07, 6.45) is 0.374. The van der Waals surface area contributed by atoms with Crippen LogP contribution in [0.25, 0.3) is 0 Å². The van der Waals surface area contributed by atoms with Crippen LogP contribution < -0.4 is 0 Å². The van der Waals surface area contributed by atoms with Gasteiger partial charge < -0.3 is 15.1 Å². The highest BCUT2D eigenvalue weighted by Crippen LogP contribution is 1.98. The van der Waals surface area contributed by atoms with E-state index in [1.807, 2.05) is 26.0 Å². The molecule has 0 rings (SSSR count). The molecule has 3 heteroatoms. The molecule has 0 fully saturated rings. The summed E-state index contributed by atoms with van der Waals surface area (Å²) >= 11 is 0. The fourth-order valence-electron chi connectivity index (χ4n) is 0.434. The molecule has 2 unspecified atom stereocenters. The van der Waals surface area contributed by atoms with Crippen molar-refractivity contribution in [2.45, 2.75) is 32.0 Å². The van der Waals surface area contributed by atoms with Crippen molar-refractivity contribution in [2.75, 3.05) is 21.1 Å². The zero-order valence-electron chi connectivity index (χ0n) is 8.62. The van der Waals surface area contributed by atoms with Crippen molar-refractivity contribution in [1.29, 1.82) is 0 Å². The molecule has 0 amide bonds. The average molecular weight is 176 g/mol. The van der Waals surface area contributed by atoms with Crippen molar-refractivity contribution in [3.05, 3.63) is 6.92 Å². The van der Waals surface area contributed by atoms with Crippen LogP contribution in [0, 0.1) is 6.92 Å². The Bertz CT molecular complexity index is 71.8. The Morgan fingerprint density at radius 3 is 1.58 bits per heavy atom. The van der Waals surface area contributed by atoms with Crippen LogP contribution in [0.4, 0.5) is 0 Å². The van der Waals surface area contributed by atoms with Crippen molar-refractivity contribution >= 4 is 0 Å². The number of aliphatic hydroxyl groups excluding tert-OH is 2. The molecule has 0 heterocycles. The second kappa shape index (κ2) is 8.97. The third-order valence-electron chi connectivity index (χ3n) is 0.918. The Morgan fingerprint density at radius 2 is 1.50 bits per heavy atom. The number of hydrogen-bond acceptors (Lipinski definition) is 3. The summed E-state index contributed by atoms with van der Waals surface area (Å²) in [4.78, 5) is 2.00. The van der Waals surface area contributed by atoms with Crippen LogP contribution in [0.1, 0.15) is 19.8 Å². The summed E-state index contributed by atoms with van der Waals surface area (Å²) < 4.78 is 0. The second-order valence-electron chi connectivity index (χ2n) is 3.42. The van der Waals surface area contributed by atoms with E-state index in [-0.39, 0.29) is 6.10 Å². The number of nitrogens with zero attached hydrogens (tertiary/aromatic N) is 1. The number of rotatable bonds is 3. The van der Waals surface area contributed by atoms with Gasteiger partial charge in [0.25, 0.3) is 0 Å². The molecule has 0 aromatic rings. The van der Waals surface area contributed by atoms with Gasteiger partial charge in [0.1, 0.15) is 0 Å². The lowest BCUT2D eigenvalue weighted by atomic mass is 10.1. The van der Waals surface area contributed by atoms with Crippen LogP contribution in [0.15, 0.2) is 0 Å². The van der Waals surface area contributed by atoms with Crippen molar-refractivity contribution in [3.8, 4) is 0 Å². The summed E-state index contributed by atoms with van der Waals surface area (Å²) in [6, 6.07) is 0. The standard InChI is InChI=1S/C6H13O2.C3H9N/c1-5(7)3-4-6(2)8;1-4(2)3/h5-8H,1,3-4H2,2H3;1-3H3. The maximum absolute atomic E-state index is 8.66. The predicted octanol–water partition coefficient (Wildman–Crippen LogP) is 0.520. The first-order valence-corrected chi connectivity index (χ1v) is 4.16. The smallest absolute Gasteiger partial charge is 0.0542 e. The van der Waals surface area contributed by atoms with E-state index in [2.05, 4.69) is 6.92 Å². The molecule has 3 nitrogen and oxygen atoms in total. The molecule has 2 N–H and O–H groups in total. The van der Waals surface area contributed by atoms with Crippen molar-refractivity contribution < 1.29 is 10.2 Å². The lowest BCUT2D eigenvalue weighted by Gasteiger charge is -2.04. The van der Waals surface area contributed by atoms with Gasteiger partial charge >= 0.3 is 0 Å². The molecule has 0 bridgehead atoms. The minimum Gasteiger partial charge on any atom is -0.393 e. The molecular formula is C9H22NO2. The van der Waals surface area contributed by atoms with Gasteiger partial charge in [0.05, 0.1) is 12.2 Å². The van der Waals surface area contributed by atoms with Gasteiger partial charge in [0.2, 0.25) is 0 Å². The second-order valence-corrected chi connectivity index (χ2v) is 3.42. The van der Waals surface area contributed by atoms with E-state index in [0.29, 0.717) is 12.8 Å². The Hall–Kier alpha value is -0.120. The molecule has 75 valence electrons. The summed E-state index contributed by atoms with van der Waals surface area (Å²) in [6.45, 7) is 5.05. The summed E-state index contributed by atoms with van der Waals surface area (Å²) in [5, 5.41) is 17.2. The monoisotopic (exact) mass is 176 g/mol. The van der Waals surface area contributed by atoms with Gasteiger partial charge in [0, 0.05) is 0 Å². The first kappa shape index (κ1) is 14.4. The van der Waals surface area contributed by atoms with E-state index in [1.165, 1.54) is 0 Å². The zero-order valence-corrected chi connectivity index (χ0v) is 8.62. The fourth-order valence-corrected chi connectivity index (χ4v) is 0.434. The van der Waals surface area contributed by atoms with Crippen LogP contribution in [0.5, 0.6) is 0 Å². The molecule has 0 spiro atoms. The Labute approximate surface area is 76.0 Å². The summed E-state index contributed by atoms with van der Waals surface area (Å²) in [7, 11) is 6.00. The lowest BCUT2D eigenvalue weighted by Crippen LogP contribution is -2.06.